The zero-order valence-electron chi connectivity index (χ0n) is 16.5. The number of imidazole rings is 1. The summed E-state index contributed by atoms with van der Waals surface area (Å²) in [5, 5.41) is 7.90. The van der Waals surface area contributed by atoms with Crippen LogP contribution < -0.4 is 15.2 Å². The number of para-hydroxylation sites is 2. The van der Waals surface area contributed by atoms with Crippen molar-refractivity contribution in [3.8, 4) is 11.6 Å². The molecule has 0 aliphatic carbocycles. The number of aromatic nitrogens is 3. The number of carbonyl (C=O) groups is 1. The van der Waals surface area contributed by atoms with E-state index in [1.165, 1.54) is 25.3 Å². The molecule has 0 aliphatic rings. The summed E-state index contributed by atoms with van der Waals surface area (Å²) in [6.07, 6.45) is 3.36. The number of rotatable bonds is 6. The molecule has 3 N–H and O–H groups in total. The first-order valence-electron chi connectivity index (χ1n) is 9.23. The number of amides is 1. The topological polar surface area (TPSA) is 129 Å². The summed E-state index contributed by atoms with van der Waals surface area (Å²) in [4.78, 5) is 21.3. The van der Waals surface area contributed by atoms with Crippen LogP contribution in [0.4, 0.5) is 0 Å². The molecule has 10 heteroatoms. The van der Waals surface area contributed by atoms with Gasteiger partial charge in [-0.15, -0.1) is 0 Å². The number of methoxy groups -OCH3 is 1. The molecule has 158 valence electrons. The van der Waals surface area contributed by atoms with Crippen LogP contribution in [0.3, 0.4) is 0 Å². The highest BCUT2D eigenvalue weighted by Gasteiger charge is 2.17. The van der Waals surface area contributed by atoms with E-state index in [0.29, 0.717) is 5.82 Å². The van der Waals surface area contributed by atoms with Crippen LogP contribution in [-0.2, 0) is 16.6 Å². The maximum atomic E-state index is 12.6. The Morgan fingerprint density at radius 2 is 1.94 bits per heavy atom. The summed E-state index contributed by atoms with van der Waals surface area (Å²) in [5.41, 5.74) is 2.65. The number of ether oxygens (including phenoxy) is 1. The van der Waals surface area contributed by atoms with Gasteiger partial charge in [0.15, 0.2) is 0 Å². The van der Waals surface area contributed by atoms with Crippen molar-refractivity contribution in [3.63, 3.8) is 0 Å². The first-order valence-corrected chi connectivity index (χ1v) is 10.8. The monoisotopic (exact) mass is 437 g/mol. The van der Waals surface area contributed by atoms with Gasteiger partial charge < -0.3 is 10.1 Å². The molecule has 0 saturated heterocycles. The zero-order chi connectivity index (χ0) is 22.0. The fourth-order valence-corrected chi connectivity index (χ4v) is 3.66. The second-order valence-corrected chi connectivity index (χ2v) is 8.28. The van der Waals surface area contributed by atoms with E-state index in [1.807, 2.05) is 41.0 Å². The number of sulfonamides is 1. The first kappa shape index (κ1) is 20.5. The van der Waals surface area contributed by atoms with Gasteiger partial charge >= 0.3 is 0 Å². The molecule has 2 aromatic heterocycles. The van der Waals surface area contributed by atoms with E-state index in [2.05, 4.69) is 15.3 Å². The normalized spacial score (nSPS) is 11.4. The molecule has 0 spiro atoms. The van der Waals surface area contributed by atoms with Gasteiger partial charge in [0.05, 0.1) is 28.6 Å². The summed E-state index contributed by atoms with van der Waals surface area (Å²) in [7, 11) is -2.55. The zero-order valence-corrected chi connectivity index (χ0v) is 17.3. The molecule has 4 rings (SSSR count). The Morgan fingerprint density at radius 3 is 2.65 bits per heavy atom. The number of nitrogens with one attached hydrogen (secondary N) is 1. The summed E-state index contributed by atoms with van der Waals surface area (Å²) in [6, 6.07) is 15.3. The molecule has 2 aromatic carbocycles. The molecular weight excluding hydrogens is 418 g/mol. The number of nitrogens with two attached hydrogens (primary N) is 1. The third-order valence-corrected chi connectivity index (χ3v) is 5.62. The number of hydrogen-bond donors (Lipinski definition) is 2. The molecule has 0 saturated carbocycles. The van der Waals surface area contributed by atoms with Crippen molar-refractivity contribution >= 4 is 27.0 Å². The van der Waals surface area contributed by atoms with Gasteiger partial charge in [-0.1, -0.05) is 18.2 Å². The van der Waals surface area contributed by atoms with E-state index < -0.39 is 15.9 Å². The van der Waals surface area contributed by atoms with E-state index >= 15 is 0 Å². The minimum atomic E-state index is -3.95. The molecule has 0 radical (unpaired) electrons. The molecule has 0 atom stereocenters. The fraction of sp³-hybridized carbons (Fsp3) is 0.0952. The predicted octanol–water partition coefficient (Wildman–Crippen LogP) is 2.01. The molecule has 31 heavy (non-hydrogen) atoms. The minimum absolute atomic E-state index is 0.0727. The van der Waals surface area contributed by atoms with Crippen molar-refractivity contribution in [3.05, 3.63) is 78.2 Å². The maximum Gasteiger partial charge on any atom is 0.255 e. The van der Waals surface area contributed by atoms with Crippen LogP contribution in [-0.4, -0.2) is 36.0 Å². The smallest absolute Gasteiger partial charge is 0.255 e. The van der Waals surface area contributed by atoms with E-state index in [0.717, 1.165) is 16.6 Å². The van der Waals surface area contributed by atoms with Gasteiger partial charge in [0.25, 0.3) is 5.91 Å². The Bertz CT molecular complexity index is 1360. The van der Waals surface area contributed by atoms with Crippen molar-refractivity contribution in [2.45, 2.75) is 11.4 Å². The first-order chi connectivity index (χ1) is 14.9. The average molecular weight is 437 g/mol. The third-order valence-electron chi connectivity index (χ3n) is 4.71. The van der Waals surface area contributed by atoms with Gasteiger partial charge in [-0.3, -0.25) is 9.36 Å². The van der Waals surface area contributed by atoms with E-state index in [-0.39, 0.29) is 22.8 Å². The lowest BCUT2D eigenvalue weighted by Gasteiger charge is -2.11. The summed E-state index contributed by atoms with van der Waals surface area (Å²) in [6.45, 7) is 0.194. The number of fused-ring (bicyclic) bond motifs is 1. The van der Waals surface area contributed by atoms with Gasteiger partial charge in [0, 0.05) is 12.7 Å². The van der Waals surface area contributed by atoms with Gasteiger partial charge in [0.2, 0.25) is 10.0 Å². The summed E-state index contributed by atoms with van der Waals surface area (Å²) < 4.78 is 30.2. The quantitative estimate of drug-likeness (QED) is 0.475. The van der Waals surface area contributed by atoms with Gasteiger partial charge in [-0.25, -0.2) is 23.5 Å². The highest BCUT2D eigenvalue weighted by atomic mass is 32.2. The molecular formula is C21H19N5O4S. The lowest BCUT2D eigenvalue weighted by Crippen LogP contribution is -2.24. The van der Waals surface area contributed by atoms with E-state index in [9.17, 15) is 13.2 Å². The van der Waals surface area contributed by atoms with Gasteiger partial charge in [0.1, 0.15) is 17.9 Å². The number of carbonyl (C=O) groups excluding carboxylic acids is 1. The van der Waals surface area contributed by atoms with Crippen LogP contribution >= 0.6 is 0 Å². The van der Waals surface area contributed by atoms with Crippen molar-refractivity contribution in [1.29, 1.82) is 0 Å². The molecule has 0 aliphatic heterocycles. The second-order valence-electron chi connectivity index (χ2n) is 6.72. The van der Waals surface area contributed by atoms with Crippen LogP contribution in [0.15, 0.2) is 72.0 Å². The number of primary sulfonamides is 1. The number of hydrogen-bond acceptors (Lipinski definition) is 6. The third kappa shape index (κ3) is 4.25. The Hall–Kier alpha value is -3.76. The molecule has 1 amide bonds. The number of benzene rings is 2. The van der Waals surface area contributed by atoms with Crippen LogP contribution in [0.1, 0.15) is 15.9 Å². The molecule has 0 unspecified atom stereocenters. The number of pyridine rings is 1. The van der Waals surface area contributed by atoms with Crippen molar-refractivity contribution in [2.24, 2.45) is 5.14 Å². The van der Waals surface area contributed by atoms with Crippen LogP contribution in [0.25, 0.3) is 16.9 Å². The fourth-order valence-electron chi connectivity index (χ4n) is 3.12. The van der Waals surface area contributed by atoms with Crippen LogP contribution in [0.2, 0.25) is 0 Å². The van der Waals surface area contributed by atoms with Crippen molar-refractivity contribution in [1.82, 2.24) is 19.9 Å². The van der Waals surface area contributed by atoms with Crippen LogP contribution in [0, 0.1) is 0 Å². The molecule has 4 aromatic rings. The SMILES string of the molecule is COc1ccc(S(N)(=O)=O)cc1C(=O)NCc1ccc(-n2cnc3ccccc32)nc1. The van der Waals surface area contributed by atoms with Crippen molar-refractivity contribution in [2.75, 3.05) is 7.11 Å². The Labute approximate surface area is 178 Å². The molecule has 0 fully saturated rings. The molecule has 9 nitrogen and oxygen atoms in total. The predicted molar refractivity (Wildman–Crippen MR) is 114 cm³/mol. The highest BCUT2D eigenvalue weighted by molar-refractivity contribution is 7.89. The van der Waals surface area contributed by atoms with Crippen LogP contribution in [0.5, 0.6) is 5.75 Å². The second kappa shape index (κ2) is 8.17. The molecule has 2 heterocycles. The Balaban J connectivity index is 1.50. The largest absolute Gasteiger partial charge is 0.496 e. The highest BCUT2D eigenvalue weighted by Crippen LogP contribution is 2.22. The molecule has 0 bridgehead atoms. The minimum Gasteiger partial charge on any atom is -0.496 e. The standard InChI is InChI=1S/C21H19N5O4S/c1-30-19-8-7-15(31(22,28)29)10-16(19)21(27)24-12-14-6-9-20(23-11-14)26-13-25-17-4-2-3-5-18(17)26/h2-11,13H,12H2,1H3,(H,24,27)(H2,22,28,29). The maximum absolute atomic E-state index is 12.6. The van der Waals surface area contributed by atoms with E-state index in [1.54, 1.807) is 12.5 Å². The number of nitrogens with zero attached hydrogens (tertiary/aromatic N) is 3. The Kier molecular flexibility index (Phi) is 5.40. The van der Waals surface area contributed by atoms with E-state index in [4.69, 9.17) is 9.88 Å². The average Bonchev–Trinajstić information content (AvgIpc) is 3.21. The van der Waals surface area contributed by atoms with Gasteiger partial charge in [-0.05, 0) is 42.0 Å². The van der Waals surface area contributed by atoms with Crippen molar-refractivity contribution < 1.29 is 17.9 Å². The summed E-state index contributed by atoms with van der Waals surface area (Å²) >= 11 is 0. The lowest BCUT2D eigenvalue weighted by molar-refractivity contribution is 0.0947. The summed E-state index contributed by atoms with van der Waals surface area (Å²) in [5.74, 6) is 0.448. The lowest BCUT2D eigenvalue weighted by atomic mass is 10.2. The van der Waals surface area contributed by atoms with Gasteiger partial charge in [-0.2, -0.15) is 0 Å². The Morgan fingerprint density at radius 1 is 1.13 bits per heavy atom.